The molecule has 0 bridgehead atoms. The second kappa shape index (κ2) is 3.97. The molecule has 0 fully saturated rings. The monoisotopic (exact) mass is 179 g/mol. The Morgan fingerprint density at radius 2 is 2.40 bits per heavy atom. The molecule has 0 aromatic carbocycles. The summed E-state index contributed by atoms with van der Waals surface area (Å²) in [5.74, 6) is 0. The number of nitrogens with zero attached hydrogens (tertiary/aromatic N) is 1. The molecule has 1 aliphatic rings. The van der Waals surface area contributed by atoms with E-state index >= 15 is 0 Å². The van der Waals surface area contributed by atoms with E-state index in [9.17, 15) is 0 Å². The normalized spacial score (nSPS) is 16.9. The third kappa shape index (κ3) is 2.70. The standard InChI is InChI=1S/C5H5.C3H8N.Fe/c1-2-4-5-3-1;1-4(2)3;/h1-3H,4H2;1H2,2-3H3;. The van der Waals surface area contributed by atoms with Gasteiger partial charge in [-0.15, -0.1) is 0 Å². The van der Waals surface area contributed by atoms with Crippen LogP contribution in [0.5, 0.6) is 0 Å². The van der Waals surface area contributed by atoms with Crippen molar-refractivity contribution in [2.45, 2.75) is 6.42 Å². The second-order valence-corrected chi connectivity index (χ2v) is 4.00. The number of hydrogen-bond donors (Lipinski definition) is 0. The van der Waals surface area contributed by atoms with Gasteiger partial charge in [0.2, 0.25) is 0 Å². The molecule has 1 rings (SSSR count). The third-order valence-electron chi connectivity index (χ3n) is 1.16. The molecule has 0 radical (unpaired) electrons. The molecule has 0 spiro atoms. The summed E-state index contributed by atoms with van der Waals surface area (Å²) in [6.45, 7) is 0. The van der Waals surface area contributed by atoms with E-state index in [2.05, 4.69) is 37.2 Å². The first kappa shape index (κ1) is 8.06. The summed E-state index contributed by atoms with van der Waals surface area (Å²) in [6, 6.07) is 0. The van der Waals surface area contributed by atoms with Gasteiger partial charge in [0.25, 0.3) is 0 Å². The first-order valence-corrected chi connectivity index (χ1v) is 4.69. The van der Waals surface area contributed by atoms with Crippen LogP contribution in [0.15, 0.2) is 22.7 Å². The average molecular weight is 179 g/mol. The summed E-state index contributed by atoms with van der Waals surface area (Å²) in [5, 5.41) is 0. The van der Waals surface area contributed by atoms with Gasteiger partial charge in [-0.1, -0.05) is 0 Å². The topological polar surface area (TPSA) is 3.24 Å². The van der Waals surface area contributed by atoms with Crippen molar-refractivity contribution in [3.05, 3.63) is 22.7 Å². The molecule has 1 aliphatic carbocycles. The van der Waals surface area contributed by atoms with Crippen molar-refractivity contribution in [2.24, 2.45) is 0 Å². The summed E-state index contributed by atoms with van der Waals surface area (Å²) >= 11 is 1.22. The Morgan fingerprint density at radius 3 is 2.90 bits per heavy atom. The fourth-order valence-corrected chi connectivity index (χ4v) is 1.79. The Hall–Kier alpha value is -0.0405. The summed E-state index contributed by atoms with van der Waals surface area (Å²) in [6.07, 6.45) is 7.76. The fraction of sp³-hybridized carbons (Fsp3) is 0.500. The zero-order valence-electron chi connectivity index (χ0n) is 6.45. The minimum atomic E-state index is 1.17. The summed E-state index contributed by atoms with van der Waals surface area (Å²) in [7, 11) is 4.23. The Kier molecular flexibility index (Phi) is 3.20. The zero-order valence-corrected chi connectivity index (χ0v) is 7.55. The molecule has 0 amide bonds. The molecule has 0 aliphatic heterocycles. The Bertz CT molecular complexity index is 159. The molecule has 0 heterocycles. The molecule has 0 N–H and O–H groups in total. The number of allylic oxidation sites excluding steroid dienone is 4. The molecule has 1 nitrogen and oxygen atoms in total. The molecular weight excluding hydrogens is 166 g/mol. The van der Waals surface area contributed by atoms with E-state index in [1.165, 1.54) is 26.8 Å². The zero-order chi connectivity index (χ0) is 7.40. The van der Waals surface area contributed by atoms with Crippen molar-refractivity contribution in [1.29, 1.82) is 0 Å². The molecule has 0 saturated heterocycles. The van der Waals surface area contributed by atoms with Crippen LogP contribution in [0.4, 0.5) is 0 Å². The van der Waals surface area contributed by atoms with Gasteiger partial charge in [-0.25, -0.2) is 0 Å². The maximum absolute atomic E-state index is 2.23. The van der Waals surface area contributed by atoms with E-state index in [4.69, 9.17) is 0 Å². The van der Waals surface area contributed by atoms with Crippen molar-refractivity contribution in [2.75, 3.05) is 19.5 Å². The van der Waals surface area contributed by atoms with E-state index < -0.39 is 0 Å². The van der Waals surface area contributed by atoms with Crippen molar-refractivity contribution >= 4 is 0 Å². The molecule has 10 heavy (non-hydrogen) atoms. The Balaban J connectivity index is 2.15. The van der Waals surface area contributed by atoms with Crippen molar-refractivity contribution in [3.8, 4) is 0 Å². The second-order valence-electron chi connectivity index (χ2n) is 2.55. The van der Waals surface area contributed by atoms with Gasteiger partial charge < -0.3 is 0 Å². The Morgan fingerprint density at radius 1 is 1.60 bits per heavy atom. The van der Waals surface area contributed by atoms with Crippen LogP contribution in [0.3, 0.4) is 0 Å². The van der Waals surface area contributed by atoms with Crippen molar-refractivity contribution < 1.29 is 15.0 Å². The van der Waals surface area contributed by atoms with Crippen LogP contribution in [0.2, 0.25) is 0 Å². The summed E-state index contributed by atoms with van der Waals surface area (Å²) < 4.78 is 1.56. The molecule has 0 aromatic heterocycles. The first-order valence-electron chi connectivity index (χ1n) is 3.35. The van der Waals surface area contributed by atoms with E-state index in [0.29, 0.717) is 0 Å². The van der Waals surface area contributed by atoms with E-state index in [1.807, 2.05) is 0 Å². The number of hydrogen-bond acceptors (Lipinski definition) is 1. The van der Waals surface area contributed by atoms with Gasteiger partial charge in [0, 0.05) is 0 Å². The van der Waals surface area contributed by atoms with Crippen molar-refractivity contribution in [1.82, 2.24) is 4.90 Å². The summed E-state index contributed by atoms with van der Waals surface area (Å²) in [5.41, 5.74) is 1.17. The van der Waals surface area contributed by atoms with Gasteiger partial charge in [0.15, 0.2) is 0 Å². The molecule has 0 unspecified atom stereocenters. The van der Waals surface area contributed by atoms with Gasteiger partial charge in [0.1, 0.15) is 0 Å². The van der Waals surface area contributed by atoms with Crippen LogP contribution in [0.1, 0.15) is 6.42 Å². The van der Waals surface area contributed by atoms with Gasteiger partial charge in [-0.05, 0) is 0 Å². The maximum atomic E-state index is 2.23. The van der Waals surface area contributed by atoms with Gasteiger partial charge in [-0.2, -0.15) is 0 Å². The van der Waals surface area contributed by atoms with Gasteiger partial charge >= 0.3 is 68.5 Å². The van der Waals surface area contributed by atoms with Gasteiger partial charge in [0.05, 0.1) is 0 Å². The fourth-order valence-electron chi connectivity index (χ4n) is 0.692. The van der Waals surface area contributed by atoms with E-state index in [1.54, 1.807) is 4.47 Å². The quantitative estimate of drug-likeness (QED) is 0.592. The van der Waals surface area contributed by atoms with Gasteiger partial charge in [-0.3, -0.25) is 0 Å². The first-order chi connectivity index (χ1) is 4.79. The minimum absolute atomic E-state index is 1.17. The average Bonchev–Trinajstić information content (AvgIpc) is 2.34. The van der Waals surface area contributed by atoms with Crippen LogP contribution in [-0.2, 0) is 15.0 Å². The molecule has 2 heteroatoms. The molecular formula is C8H13FeN. The third-order valence-corrected chi connectivity index (χ3v) is 2.94. The van der Waals surface area contributed by atoms with Crippen LogP contribution in [-0.4, -0.2) is 24.4 Å². The van der Waals surface area contributed by atoms with Crippen molar-refractivity contribution in [3.63, 3.8) is 0 Å². The molecule has 58 valence electrons. The van der Waals surface area contributed by atoms with Crippen LogP contribution >= 0.6 is 0 Å². The van der Waals surface area contributed by atoms with E-state index in [0.717, 1.165) is 0 Å². The van der Waals surface area contributed by atoms with Crippen LogP contribution in [0, 0.1) is 0 Å². The predicted octanol–water partition coefficient (Wildman–Crippen LogP) is 1.43. The SMILES string of the molecule is CN(C)[CH2][Fe][C]1=CC=CC1. The molecule has 0 saturated carbocycles. The van der Waals surface area contributed by atoms with Crippen LogP contribution in [0.25, 0.3) is 0 Å². The number of rotatable bonds is 3. The predicted molar refractivity (Wildman–Crippen MR) is 40.4 cm³/mol. The molecule has 0 atom stereocenters. The van der Waals surface area contributed by atoms with Crippen LogP contribution < -0.4 is 0 Å². The summed E-state index contributed by atoms with van der Waals surface area (Å²) in [4.78, 5) is 2.22. The van der Waals surface area contributed by atoms with E-state index in [-0.39, 0.29) is 0 Å². The Labute approximate surface area is 68.9 Å². The molecule has 0 aromatic rings.